The van der Waals surface area contributed by atoms with Crippen LogP contribution in [0.25, 0.3) is 0 Å². The number of hydrogen-bond acceptors (Lipinski definition) is 3. The van der Waals surface area contributed by atoms with Gasteiger partial charge in [-0.15, -0.1) is 0 Å². The van der Waals surface area contributed by atoms with Gasteiger partial charge in [-0.1, -0.05) is 6.42 Å². The third-order valence-corrected chi connectivity index (χ3v) is 2.44. The van der Waals surface area contributed by atoms with Crippen LogP contribution in [-0.4, -0.2) is 30.8 Å². The van der Waals surface area contributed by atoms with Gasteiger partial charge in [0.25, 0.3) is 0 Å². The molecule has 0 aromatic rings. The van der Waals surface area contributed by atoms with E-state index in [4.69, 9.17) is 10.8 Å². The molecule has 1 aliphatic carbocycles. The van der Waals surface area contributed by atoms with Crippen LogP contribution in [0.4, 0.5) is 0 Å². The second kappa shape index (κ2) is 4.70. The summed E-state index contributed by atoms with van der Waals surface area (Å²) in [7, 11) is 0. The van der Waals surface area contributed by atoms with Crippen molar-refractivity contribution < 1.29 is 5.11 Å². The first-order valence-corrected chi connectivity index (χ1v) is 4.42. The van der Waals surface area contributed by atoms with Gasteiger partial charge in [-0.3, -0.25) is 0 Å². The van der Waals surface area contributed by atoms with Crippen LogP contribution >= 0.6 is 0 Å². The van der Waals surface area contributed by atoms with Crippen LogP contribution in [0.2, 0.25) is 0 Å². The molecule has 66 valence electrons. The fourth-order valence-corrected chi connectivity index (χ4v) is 1.79. The van der Waals surface area contributed by atoms with E-state index in [-0.39, 0.29) is 0 Å². The minimum absolute atomic E-state index is 0.322. The SMILES string of the molecule is NCCN[C@@H]1CCC[C@@H]1CO. The van der Waals surface area contributed by atoms with E-state index in [1.807, 2.05) is 0 Å². The van der Waals surface area contributed by atoms with E-state index >= 15 is 0 Å². The number of nitrogens with one attached hydrogen (secondary N) is 1. The zero-order valence-electron chi connectivity index (χ0n) is 6.92. The summed E-state index contributed by atoms with van der Waals surface area (Å²) in [6.07, 6.45) is 3.61. The van der Waals surface area contributed by atoms with Crippen molar-refractivity contribution in [3.05, 3.63) is 0 Å². The van der Waals surface area contributed by atoms with Crippen molar-refractivity contribution in [2.75, 3.05) is 19.7 Å². The van der Waals surface area contributed by atoms with Crippen LogP contribution in [0.1, 0.15) is 19.3 Å². The van der Waals surface area contributed by atoms with Gasteiger partial charge < -0.3 is 16.2 Å². The Morgan fingerprint density at radius 2 is 2.27 bits per heavy atom. The minimum Gasteiger partial charge on any atom is -0.396 e. The van der Waals surface area contributed by atoms with Gasteiger partial charge >= 0.3 is 0 Å². The normalized spacial score (nSPS) is 31.1. The predicted octanol–water partition coefficient (Wildman–Crippen LogP) is -0.304. The lowest BCUT2D eigenvalue weighted by atomic mass is 10.1. The molecule has 1 fully saturated rings. The Morgan fingerprint density at radius 1 is 1.45 bits per heavy atom. The standard InChI is InChI=1S/C8H18N2O/c9-4-5-10-8-3-1-2-7(8)6-11/h7-8,10-11H,1-6,9H2/t7-,8-/m1/s1. The highest BCUT2D eigenvalue weighted by Crippen LogP contribution is 2.24. The van der Waals surface area contributed by atoms with Crippen LogP contribution in [-0.2, 0) is 0 Å². The van der Waals surface area contributed by atoms with E-state index in [2.05, 4.69) is 5.32 Å². The quantitative estimate of drug-likeness (QED) is 0.526. The molecule has 11 heavy (non-hydrogen) atoms. The highest BCUT2D eigenvalue weighted by molar-refractivity contribution is 4.82. The summed E-state index contributed by atoms with van der Waals surface area (Å²) in [5, 5.41) is 12.3. The molecule has 0 aromatic heterocycles. The molecule has 0 amide bonds. The molecule has 0 bridgehead atoms. The number of rotatable bonds is 4. The van der Waals surface area contributed by atoms with Gasteiger partial charge in [0.2, 0.25) is 0 Å². The van der Waals surface area contributed by atoms with Gasteiger partial charge in [-0.2, -0.15) is 0 Å². The van der Waals surface area contributed by atoms with Crippen LogP contribution in [0.15, 0.2) is 0 Å². The van der Waals surface area contributed by atoms with E-state index in [1.54, 1.807) is 0 Å². The molecule has 0 radical (unpaired) electrons. The van der Waals surface area contributed by atoms with Gasteiger partial charge in [0, 0.05) is 25.7 Å². The van der Waals surface area contributed by atoms with Crippen molar-refractivity contribution in [3.63, 3.8) is 0 Å². The molecule has 3 heteroatoms. The van der Waals surface area contributed by atoms with E-state index < -0.39 is 0 Å². The molecule has 0 aliphatic heterocycles. The van der Waals surface area contributed by atoms with E-state index in [0.717, 1.165) is 6.54 Å². The lowest BCUT2D eigenvalue weighted by molar-refractivity contribution is 0.206. The predicted molar refractivity (Wildman–Crippen MR) is 45.3 cm³/mol. The molecular formula is C8H18N2O. The molecule has 0 aromatic carbocycles. The fourth-order valence-electron chi connectivity index (χ4n) is 1.79. The van der Waals surface area contributed by atoms with Crippen LogP contribution in [0.5, 0.6) is 0 Å². The Bertz CT molecular complexity index is 108. The molecule has 1 rings (SSSR count). The molecule has 0 spiro atoms. The van der Waals surface area contributed by atoms with Gasteiger partial charge in [-0.05, 0) is 18.8 Å². The average Bonchev–Trinajstić information content (AvgIpc) is 2.47. The first-order chi connectivity index (χ1) is 5.38. The number of nitrogens with two attached hydrogens (primary N) is 1. The largest absolute Gasteiger partial charge is 0.396 e. The van der Waals surface area contributed by atoms with Crippen molar-refractivity contribution in [3.8, 4) is 0 Å². The summed E-state index contributed by atoms with van der Waals surface area (Å²) < 4.78 is 0. The maximum absolute atomic E-state index is 8.96. The zero-order chi connectivity index (χ0) is 8.10. The Hall–Kier alpha value is -0.120. The van der Waals surface area contributed by atoms with Gasteiger partial charge in [0.05, 0.1) is 0 Å². The van der Waals surface area contributed by atoms with Gasteiger partial charge in [0.1, 0.15) is 0 Å². The lowest BCUT2D eigenvalue weighted by Crippen LogP contribution is -2.37. The van der Waals surface area contributed by atoms with E-state index in [1.165, 1.54) is 19.3 Å². The summed E-state index contributed by atoms with van der Waals surface area (Å²) in [4.78, 5) is 0. The van der Waals surface area contributed by atoms with Gasteiger partial charge in [-0.25, -0.2) is 0 Å². The summed E-state index contributed by atoms with van der Waals surface area (Å²) in [5.74, 6) is 0.474. The Morgan fingerprint density at radius 3 is 2.91 bits per heavy atom. The molecule has 0 unspecified atom stereocenters. The maximum Gasteiger partial charge on any atom is 0.0474 e. The maximum atomic E-state index is 8.96. The van der Waals surface area contributed by atoms with Crippen molar-refractivity contribution in [2.24, 2.45) is 11.7 Å². The molecule has 4 N–H and O–H groups in total. The summed E-state index contributed by atoms with van der Waals surface area (Å²) in [6, 6.07) is 0.517. The zero-order valence-corrected chi connectivity index (χ0v) is 6.92. The first kappa shape index (κ1) is 8.97. The summed E-state index contributed by atoms with van der Waals surface area (Å²) in [6.45, 7) is 1.89. The lowest BCUT2D eigenvalue weighted by Gasteiger charge is -2.18. The second-order valence-corrected chi connectivity index (χ2v) is 3.22. The van der Waals surface area contributed by atoms with Gasteiger partial charge in [0.15, 0.2) is 0 Å². The van der Waals surface area contributed by atoms with Crippen LogP contribution in [0, 0.1) is 5.92 Å². The van der Waals surface area contributed by atoms with Crippen molar-refractivity contribution in [1.82, 2.24) is 5.32 Å². The molecule has 0 heterocycles. The Balaban J connectivity index is 2.20. The number of hydrogen-bond donors (Lipinski definition) is 3. The van der Waals surface area contributed by atoms with Crippen molar-refractivity contribution in [1.29, 1.82) is 0 Å². The molecule has 1 saturated carbocycles. The van der Waals surface area contributed by atoms with E-state index in [0.29, 0.717) is 25.1 Å². The summed E-state index contributed by atoms with van der Waals surface area (Å²) in [5.41, 5.74) is 5.37. The van der Waals surface area contributed by atoms with Crippen LogP contribution in [0.3, 0.4) is 0 Å². The third kappa shape index (κ3) is 2.43. The smallest absolute Gasteiger partial charge is 0.0474 e. The van der Waals surface area contributed by atoms with E-state index in [9.17, 15) is 0 Å². The Labute approximate surface area is 68.0 Å². The topological polar surface area (TPSA) is 58.3 Å². The molecule has 1 aliphatic rings. The molecule has 2 atom stereocenters. The molecule has 3 nitrogen and oxygen atoms in total. The Kier molecular flexibility index (Phi) is 3.83. The monoisotopic (exact) mass is 158 g/mol. The molecule has 0 saturated heterocycles. The second-order valence-electron chi connectivity index (χ2n) is 3.22. The van der Waals surface area contributed by atoms with Crippen LogP contribution < -0.4 is 11.1 Å². The average molecular weight is 158 g/mol. The third-order valence-electron chi connectivity index (χ3n) is 2.44. The highest BCUT2D eigenvalue weighted by Gasteiger charge is 2.25. The first-order valence-electron chi connectivity index (χ1n) is 4.42. The minimum atomic E-state index is 0.322. The number of aliphatic hydroxyl groups is 1. The molecular weight excluding hydrogens is 140 g/mol. The summed E-state index contributed by atoms with van der Waals surface area (Å²) >= 11 is 0. The highest BCUT2D eigenvalue weighted by atomic mass is 16.3. The van der Waals surface area contributed by atoms with Crippen molar-refractivity contribution >= 4 is 0 Å². The van der Waals surface area contributed by atoms with Crippen molar-refractivity contribution in [2.45, 2.75) is 25.3 Å². The fraction of sp³-hybridized carbons (Fsp3) is 1.00. The number of aliphatic hydroxyl groups excluding tert-OH is 1.